The summed E-state index contributed by atoms with van der Waals surface area (Å²) in [6.07, 6.45) is 7.37. The van der Waals surface area contributed by atoms with Gasteiger partial charge in [-0.1, -0.05) is 27.7 Å². The lowest BCUT2D eigenvalue weighted by Crippen LogP contribution is -2.40. The maximum atomic E-state index is 6.04. The topological polar surface area (TPSA) is 37.0 Å². The predicted octanol–water partition coefficient (Wildman–Crippen LogP) is 5.11. The third-order valence-corrected chi connectivity index (χ3v) is 9.07. The van der Waals surface area contributed by atoms with Gasteiger partial charge in [0.15, 0.2) is 0 Å². The average molecular weight is 446 g/mol. The Labute approximate surface area is 190 Å². The molecule has 6 heteroatoms. The lowest BCUT2D eigenvalue weighted by Gasteiger charge is -2.29. The van der Waals surface area contributed by atoms with Crippen molar-refractivity contribution in [3.8, 4) is 0 Å². The quantitative estimate of drug-likeness (QED) is 0.185. The van der Waals surface area contributed by atoms with Crippen LogP contribution in [0.15, 0.2) is 0 Å². The van der Waals surface area contributed by atoms with Gasteiger partial charge in [0.1, 0.15) is 0 Å². The summed E-state index contributed by atoms with van der Waals surface area (Å²) in [5.74, 6) is 0. The van der Waals surface area contributed by atoms with Crippen molar-refractivity contribution in [3.63, 3.8) is 0 Å². The van der Waals surface area contributed by atoms with Crippen molar-refractivity contribution < 1.29 is 8.85 Å². The van der Waals surface area contributed by atoms with Crippen molar-refractivity contribution in [3.05, 3.63) is 0 Å². The molecule has 0 aromatic carbocycles. The molecule has 5 nitrogen and oxygen atoms in total. The summed E-state index contributed by atoms with van der Waals surface area (Å²) in [4.78, 5) is 5.27. The van der Waals surface area contributed by atoms with Crippen LogP contribution in [0, 0.1) is 0 Å². The van der Waals surface area contributed by atoms with Crippen LogP contribution < -0.4 is 5.32 Å². The lowest BCUT2D eigenvalue weighted by molar-refractivity contribution is 0.184. The van der Waals surface area contributed by atoms with E-state index in [1.54, 1.807) is 0 Å². The minimum Gasteiger partial charge on any atom is -0.395 e. The van der Waals surface area contributed by atoms with E-state index in [0.717, 1.165) is 32.3 Å². The predicted molar refractivity (Wildman–Crippen MR) is 135 cm³/mol. The summed E-state index contributed by atoms with van der Waals surface area (Å²) >= 11 is 0. The van der Waals surface area contributed by atoms with Crippen LogP contribution in [0.3, 0.4) is 0 Å². The van der Waals surface area contributed by atoms with E-state index in [0.29, 0.717) is 6.04 Å². The molecule has 1 N–H and O–H groups in total. The van der Waals surface area contributed by atoms with Crippen molar-refractivity contribution in [2.45, 2.75) is 98.7 Å². The standard InChI is InChI=1S/C24H55N3O2Si/c1-8-18-26(11-4)20-15-21-27(19-14-17-25-24(9-2)10-3)22-16-23-30(7,28-12-5)29-13-6/h24-25H,8-23H2,1-7H3. The fourth-order valence-corrected chi connectivity index (χ4v) is 6.60. The Morgan fingerprint density at radius 3 is 1.83 bits per heavy atom. The van der Waals surface area contributed by atoms with E-state index in [2.05, 4.69) is 63.2 Å². The van der Waals surface area contributed by atoms with Crippen molar-refractivity contribution in [1.29, 1.82) is 0 Å². The summed E-state index contributed by atoms with van der Waals surface area (Å²) in [6, 6.07) is 1.77. The van der Waals surface area contributed by atoms with Crippen LogP contribution in [0.5, 0.6) is 0 Å². The highest BCUT2D eigenvalue weighted by atomic mass is 28.4. The average Bonchev–Trinajstić information content (AvgIpc) is 2.73. The van der Waals surface area contributed by atoms with Gasteiger partial charge in [-0.15, -0.1) is 0 Å². The molecule has 0 rings (SSSR count). The van der Waals surface area contributed by atoms with Crippen LogP contribution in [0.2, 0.25) is 12.6 Å². The smallest absolute Gasteiger partial charge is 0.334 e. The molecule has 0 aliphatic rings. The number of hydrogen-bond acceptors (Lipinski definition) is 5. The maximum absolute atomic E-state index is 6.04. The van der Waals surface area contributed by atoms with Crippen LogP contribution in [0.4, 0.5) is 0 Å². The van der Waals surface area contributed by atoms with Crippen LogP contribution in [-0.4, -0.2) is 83.4 Å². The van der Waals surface area contributed by atoms with Crippen molar-refractivity contribution in [2.24, 2.45) is 0 Å². The summed E-state index contributed by atoms with van der Waals surface area (Å²) in [5.41, 5.74) is 0. The molecule has 0 amide bonds. The van der Waals surface area contributed by atoms with Gasteiger partial charge >= 0.3 is 8.56 Å². The Morgan fingerprint density at radius 2 is 1.30 bits per heavy atom. The first kappa shape index (κ1) is 30.0. The normalized spacial score (nSPS) is 12.6. The Balaban J connectivity index is 4.53. The van der Waals surface area contributed by atoms with Crippen molar-refractivity contribution in [1.82, 2.24) is 15.1 Å². The lowest BCUT2D eigenvalue weighted by atomic mass is 10.1. The molecule has 0 atom stereocenters. The number of nitrogens with one attached hydrogen (secondary N) is 1. The molecule has 0 aliphatic heterocycles. The second-order valence-electron chi connectivity index (χ2n) is 8.55. The first-order valence-electron chi connectivity index (χ1n) is 12.9. The van der Waals surface area contributed by atoms with Crippen LogP contribution in [-0.2, 0) is 8.85 Å². The third-order valence-electron chi connectivity index (χ3n) is 6.01. The zero-order valence-electron chi connectivity index (χ0n) is 21.6. The monoisotopic (exact) mass is 445 g/mol. The third kappa shape index (κ3) is 14.9. The van der Waals surface area contributed by atoms with Gasteiger partial charge in [-0.2, -0.15) is 0 Å². The molecule has 0 saturated carbocycles. The van der Waals surface area contributed by atoms with Crippen molar-refractivity contribution in [2.75, 3.05) is 59.0 Å². The summed E-state index contributed by atoms with van der Waals surface area (Å²) in [6.45, 7) is 25.3. The molecule has 0 saturated heterocycles. The van der Waals surface area contributed by atoms with E-state index in [4.69, 9.17) is 8.85 Å². The molecular weight excluding hydrogens is 390 g/mol. The van der Waals surface area contributed by atoms with Crippen LogP contribution >= 0.6 is 0 Å². The molecule has 0 heterocycles. The van der Waals surface area contributed by atoms with Gasteiger partial charge in [0, 0.05) is 19.3 Å². The van der Waals surface area contributed by atoms with Gasteiger partial charge in [-0.3, -0.25) is 0 Å². The van der Waals surface area contributed by atoms with Crippen LogP contribution in [0.1, 0.15) is 80.1 Å². The zero-order chi connectivity index (χ0) is 22.7. The fraction of sp³-hybridized carbons (Fsp3) is 1.00. The molecule has 0 spiro atoms. The Bertz CT molecular complexity index is 364. The van der Waals surface area contributed by atoms with E-state index >= 15 is 0 Å². The van der Waals surface area contributed by atoms with Gasteiger partial charge in [0.2, 0.25) is 0 Å². The maximum Gasteiger partial charge on any atom is 0.334 e. The van der Waals surface area contributed by atoms with Gasteiger partial charge in [-0.25, -0.2) is 0 Å². The van der Waals surface area contributed by atoms with E-state index < -0.39 is 8.56 Å². The number of nitrogens with zero attached hydrogens (tertiary/aromatic N) is 2. The van der Waals surface area contributed by atoms with Crippen molar-refractivity contribution >= 4 is 8.56 Å². The van der Waals surface area contributed by atoms with Gasteiger partial charge in [-0.05, 0) is 111 Å². The highest BCUT2D eigenvalue weighted by molar-refractivity contribution is 6.66. The van der Waals surface area contributed by atoms with E-state index in [1.165, 1.54) is 71.2 Å². The number of rotatable bonds is 22. The first-order chi connectivity index (χ1) is 14.5. The van der Waals surface area contributed by atoms with E-state index in [1.807, 2.05) is 0 Å². The van der Waals surface area contributed by atoms with E-state index in [-0.39, 0.29) is 0 Å². The molecule has 0 aromatic rings. The molecule has 0 aliphatic carbocycles. The largest absolute Gasteiger partial charge is 0.395 e. The molecule has 0 aromatic heterocycles. The second kappa shape index (κ2) is 19.7. The highest BCUT2D eigenvalue weighted by Crippen LogP contribution is 2.16. The fourth-order valence-electron chi connectivity index (χ4n) is 4.20. The minimum atomic E-state index is -1.99. The Hall–Kier alpha value is 0.0169. The molecule has 0 bridgehead atoms. The Kier molecular flexibility index (Phi) is 19.7. The molecule has 182 valence electrons. The highest BCUT2D eigenvalue weighted by Gasteiger charge is 2.30. The minimum absolute atomic E-state index is 0.676. The molecule has 0 fully saturated rings. The van der Waals surface area contributed by atoms with Gasteiger partial charge in [0.25, 0.3) is 0 Å². The molecule has 0 radical (unpaired) electrons. The number of hydrogen-bond donors (Lipinski definition) is 1. The second-order valence-corrected chi connectivity index (χ2v) is 11.9. The summed E-state index contributed by atoms with van der Waals surface area (Å²) < 4.78 is 12.1. The summed E-state index contributed by atoms with van der Waals surface area (Å²) in [5, 5.41) is 3.72. The van der Waals surface area contributed by atoms with Gasteiger partial charge < -0.3 is 24.0 Å². The summed E-state index contributed by atoms with van der Waals surface area (Å²) in [7, 11) is -1.99. The SMILES string of the molecule is CCCN(CC)CCCN(CCCNC(CC)CC)CCC[Si](C)(OCC)OCC. The zero-order valence-corrected chi connectivity index (χ0v) is 22.6. The van der Waals surface area contributed by atoms with Gasteiger partial charge in [0.05, 0.1) is 0 Å². The molecule has 30 heavy (non-hydrogen) atoms. The van der Waals surface area contributed by atoms with E-state index in [9.17, 15) is 0 Å². The first-order valence-corrected chi connectivity index (χ1v) is 15.5. The molecule has 0 unspecified atom stereocenters. The molecular formula is C24H55N3O2Si. The Morgan fingerprint density at radius 1 is 0.733 bits per heavy atom. The van der Waals surface area contributed by atoms with Crippen LogP contribution in [0.25, 0.3) is 0 Å².